The Bertz CT molecular complexity index is 842. The predicted molar refractivity (Wildman–Crippen MR) is 90.1 cm³/mol. The number of H-pyrrole nitrogens is 2. The number of aromatic nitrogens is 6. The maximum atomic E-state index is 5.95. The number of fused-ring (bicyclic) bond motifs is 1. The minimum atomic E-state index is 0.0633. The van der Waals surface area contributed by atoms with Crippen LogP contribution in [0.2, 0.25) is 0 Å². The van der Waals surface area contributed by atoms with Gasteiger partial charge >= 0.3 is 0 Å². The molecule has 8 heteroatoms. The highest BCUT2D eigenvalue weighted by Crippen LogP contribution is 2.32. The Morgan fingerprint density at radius 1 is 1.25 bits per heavy atom. The number of hydrogen-bond acceptors (Lipinski definition) is 6. The zero-order chi connectivity index (χ0) is 16.7. The fraction of sp³-hybridized carbons (Fsp3) is 0.500. The van der Waals surface area contributed by atoms with Crippen LogP contribution in [0.5, 0.6) is 0 Å². The van der Waals surface area contributed by atoms with Gasteiger partial charge in [0.1, 0.15) is 29.9 Å². The van der Waals surface area contributed by atoms with E-state index in [4.69, 9.17) is 4.74 Å². The van der Waals surface area contributed by atoms with Gasteiger partial charge in [-0.05, 0) is 25.8 Å². The van der Waals surface area contributed by atoms with Crippen molar-refractivity contribution in [3.63, 3.8) is 0 Å². The van der Waals surface area contributed by atoms with Crippen molar-refractivity contribution in [2.45, 2.75) is 32.3 Å². The highest BCUT2D eigenvalue weighted by molar-refractivity contribution is 5.91. The number of anilines is 1. The van der Waals surface area contributed by atoms with E-state index in [0.717, 1.165) is 47.9 Å². The largest absolute Gasteiger partial charge is 0.376 e. The number of hydrogen-bond donors (Lipinski definition) is 2. The molecule has 0 bridgehead atoms. The molecule has 126 valence electrons. The Labute approximate surface area is 139 Å². The van der Waals surface area contributed by atoms with E-state index in [0.29, 0.717) is 0 Å². The molecule has 1 aliphatic heterocycles. The van der Waals surface area contributed by atoms with Crippen LogP contribution in [0.1, 0.15) is 29.4 Å². The van der Waals surface area contributed by atoms with Crippen molar-refractivity contribution in [3.05, 3.63) is 29.7 Å². The summed E-state index contributed by atoms with van der Waals surface area (Å²) in [6.07, 6.45) is 4.17. The molecule has 1 aliphatic rings. The lowest BCUT2D eigenvalue weighted by molar-refractivity contribution is 0.108. The summed E-state index contributed by atoms with van der Waals surface area (Å²) in [6.45, 7) is 5.63. The van der Waals surface area contributed by atoms with E-state index in [-0.39, 0.29) is 12.0 Å². The summed E-state index contributed by atoms with van der Waals surface area (Å²) in [7, 11) is 2.04. The second kappa shape index (κ2) is 5.86. The molecule has 2 N–H and O–H groups in total. The summed E-state index contributed by atoms with van der Waals surface area (Å²) in [5, 5.41) is 8.01. The van der Waals surface area contributed by atoms with Crippen LogP contribution >= 0.6 is 0 Å². The standard InChI is InChI=1S/C16H21N7O/c1-9-10(2)21-15-13(9)16(19-7-17-15)23(3)6-12-11(4-5-24-12)14-18-8-20-22-14/h7-8,11-12H,4-6H2,1-3H3,(H,17,19,21)(H,18,20,22)/t11-,12-/m1/s1. The van der Waals surface area contributed by atoms with E-state index in [1.54, 1.807) is 12.7 Å². The lowest BCUT2D eigenvalue weighted by atomic mass is 10.0. The van der Waals surface area contributed by atoms with E-state index in [9.17, 15) is 0 Å². The van der Waals surface area contributed by atoms with Gasteiger partial charge in [-0.25, -0.2) is 15.0 Å². The molecule has 3 aromatic heterocycles. The maximum Gasteiger partial charge on any atom is 0.143 e. The highest BCUT2D eigenvalue weighted by Gasteiger charge is 2.33. The van der Waals surface area contributed by atoms with Crippen molar-refractivity contribution in [1.29, 1.82) is 0 Å². The third-order valence-electron chi connectivity index (χ3n) is 4.88. The first kappa shape index (κ1) is 15.1. The lowest BCUT2D eigenvalue weighted by Crippen LogP contribution is -2.33. The van der Waals surface area contributed by atoms with Gasteiger partial charge in [0.05, 0.1) is 11.5 Å². The van der Waals surface area contributed by atoms with Crippen LogP contribution in [-0.4, -0.2) is 56.4 Å². The van der Waals surface area contributed by atoms with Gasteiger partial charge < -0.3 is 14.6 Å². The van der Waals surface area contributed by atoms with E-state index >= 15 is 0 Å². The number of nitrogens with one attached hydrogen (secondary N) is 2. The molecule has 1 saturated heterocycles. The van der Waals surface area contributed by atoms with Crippen molar-refractivity contribution < 1.29 is 4.74 Å². The maximum absolute atomic E-state index is 5.95. The van der Waals surface area contributed by atoms with Crippen LogP contribution in [0, 0.1) is 13.8 Å². The number of aromatic amines is 2. The summed E-state index contributed by atoms with van der Waals surface area (Å²) in [5.41, 5.74) is 3.18. The Morgan fingerprint density at radius 2 is 2.12 bits per heavy atom. The van der Waals surface area contributed by atoms with E-state index in [1.807, 2.05) is 7.05 Å². The molecule has 24 heavy (non-hydrogen) atoms. The molecule has 0 aromatic carbocycles. The van der Waals surface area contributed by atoms with Gasteiger partial charge in [0.15, 0.2) is 0 Å². The number of likely N-dealkylation sites (N-methyl/N-ethyl adjacent to an activating group) is 1. The molecule has 8 nitrogen and oxygen atoms in total. The number of rotatable bonds is 4. The summed E-state index contributed by atoms with van der Waals surface area (Å²) in [5.74, 6) is 2.06. The molecule has 4 rings (SSSR count). The Hall–Kier alpha value is -2.48. The van der Waals surface area contributed by atoms with Gasteiger partial charge in [-0.2, -0.15) is 5.10 Å². The molecule has 0 spiro atoms. The third-order valence-corrected chi connectivity index (χ3v) is 4.88. The van der Waals surface area contributed by atoms with Crippen molar-refractivity contribution in [2.24, 2.45) is 0 Å². The summed E-state index contributed by atoms with van der Waals surface area (Å²) >= 11 is 0. The monoisotopic (exact) mass is 327 g/mol. The van der Waals surface area contributed by atoms with Crippen LogP contribution in [0.3, 0.4) is 0 Å². The molecule has 0 amide bonds. The van der Waals surface area contributed by atoms with E-state index in [1.165, 1.54) is 5.56 Å². The van der Waals surface area contributed by atoms with E-state index < -0.39 is 0 Å². The van der Waals surface area contributed by atoms with E-state index in [2.05, 4.69) is 48.9 Å². The van der Waals surface area contributed by atoms with Crippen molar-refractivity contribution in [1.82, 2.24) is 30.1 Å². The van der Waals surface area contributed by atoms with Gasteiger partial charge in [-0.1, -0.05) is 0 Å². The van der Waals surface area contributed by atoms with Crippen LogP contribution in [0.15, 0.2) is 12.7 Å². The molecular weight excluding hydrogens is 306 g/mol. The van der Waals surface area contributed by atoms with Crippen LogP contribution in [0.4, 0.5) is 5.82 Å². The third kappa shape index (κ3) is 2.43. The van der Waals surface area contributed by atoms with Crippen molar-refractivity contribution in [3.8, 4) is 0 Å². The van der Waals surface area contributed by atoms with Crippen LogP contribution < -0.4 is 4.90 Å². The average molecular weight is 327 g/mol. The normalized spacial score (nSPS) is 20.8. The number of ether oxygens (including phenoxy) is 1. The topological polar surface area (TPSA) is 95.6 Å². The summed E-state index contributed by atoms with van der Waals surface area (Å²) in [6, 6.07) is 0. The quantitative estimate of drug-likeness (QED) is 0.757. The molecule has 3 aromatic rings. The Kier molecular flexibility index (Phi) is 3.68. The van der Waals surface area contributed by atoms with Gasteiger partial charge in [0.25, 0.3) is 0 Å². The molecule has 1 fully saturated rings. The Balaban J connectivity index is 1.61. The number of aryl methyl sites for hydroxylation is 2. The first-order valence-electron chi connectivity index (χ1n) is 8.13. The smallest absolute Gasteiger partial charge is 0.143 e. The molecule has 0 aliphatic carbocycles. The fourth-order valence-corrected chi connectivity index (χ4v) is 3.46. The predicted octanol–water partition coefficient (Wildman–Crippen LogP) is 1.70. The summed E-state index contributed by atoms with van der Waals surface area (Å²) < 4.78 is 5.95. The molecular formula is C16H21N7O. The first-order chi connectivity index (χ1) is 11.6. The first-order valence-corrected chi connectivity index (χ1v) is 8.13. The van der Waals surface area contributed by atoms with Crippen molar-refractivity contribution in [2.75, 3.05) is 25.1 Å². The van der Waals surface area contributed by atoms with Gasteiger partial charge in [-0.15, -0.1) is 0 Å². The Morgan fingerprint density at radius 3 is 2.92 bits per heavy atom. The lowest BCUT2D eigenvalue weighted by Gasteiger charge is -2.25. The SMILES string of the molecule is Cc1[nH]c2ncnc(N(C)C[C@H]3OCC[C@H]3c3ncn[nH]3)c2c1C. The van der Waals surface area contributed by atoms with Crippen LogP contribution in [0.25, 0.3) is 11.0 Å². The molecule has 0 unspecified atom stereocenters. The fourth-order valence-electron chi connectivity index (χ4n) is 3.46. The zero-order valence-electron chi connectivity index (χ0n) is 14.1. The average Bonchev–Trinajstić information content (AvgIpc) is 3.29. The minimum absolute atomic E-state index is 0.0633. The molecule has 0 radical (unpaired) electrons. The molecule has 4 heterocycles. The molecule has 2 atom stereocenters. The molecule has 0 saturated carbocycles. The van der Waals surface area contributed by atoms with Gasteiger partial charge in [0.2, 0.25) is 0 Å². The second-order valence-corrected chi connectivity index (χ2v) is 6.35. The number of nitrogens with zero attached hydrogens (tertiary/aromatic N) is 5. The van der Waals surface area contributed by atoms with Gasteiger partial charge in [-0.3, -0.25) is 5.10 Å². The minimum Gasteiger partial charge on any atom is -0.376 e. The van der Waals surface area contributed by atoms with Crippen LogP contribution in [-0.2, 0) is 4.74 Å². The summed E-state index contributed by atoms with van der Waals surface area (Å²) in [4.78, 5) is 18.6. The van der Waals surface area contributed by atoms with Crippen molar-refractivity contribution >= 4 is 16.9 Å². The highest BCUT2D eigenvalue weighted by atomic mass is 16.5. The zero-order valence-corrected chi connectivity index (χ0v) is 14.1. The van der Waals surface area contributed by atoms with Gasteiger partial charge in [0, 0.05) is 31.8 Å². The second-order valence-electron chi connectivity index (χ2n) is 6.35.